The maximum atomic E-state index is 4.70. The fraction of sp³-hybridized carbons (Fsp3) is 0.267. The molecule has 3 rings (SSSR count). The number of fused-ring (bicyclic) bond motifs is 1. The standard InChI is InChI=1S/C15H15BrN2S/c1-10-8-11(16)9-13-15(10)18-14(17-13)6-2-4-12-5-3-7-19-12/h3,5,7-9H,2,4,6H2,1H3,(H,17,18). The predicted molar refractivity (Wildman–Crippen MR) is 84.9 cm³/mol. The first-order valence-electron chi connectivity index (χ1n) is 6.39. The van der Waals surface area contributed by atoms with Gasteiger partial charge in [-0.15, -0.1) is 11.3 Å². The summed E-state index contributed by atoms with van der Waals surface area (Å²) in [6.45, 7) is 2.10. The van der Waals surface area contributed by atoms with Crippen LogP contribution in [0.25, 0.3) is 11.0 Å². The molecule has 0 aliphatic rings. The first kappa shape index (κ1) is 12.9. The summed E-state index contributed by atoms with van der Waals surface area (Å²) in [6, 6.07) is 8.52. The third-order valence-electron chi connectivity index (χ3n) is 3.21. The largest absolute Gasteiger partial charge is 0.342 e. The van der Waals surface area contributed by atoms with Crippen molar-refractivity contribution in [3.63, 3.8) is 0 Å². The summed E-state index contributed by atoms with van der Waals surface area (Å²) < 4.78 is 1.10. The van der Waals surface area contributed by atoms with Gasteiger partial charge >= 0.3 is 0 Å². The van der Waals surface area contributed by atoms with E-state index in [1.165, 1.54) is 10.4 Å². The lowest BCUT2D eigenvalue weighted by molar-refractivity contribution is 0.793. The van der Waals surface area contributed by atoms with E-state index in [9.17, 15) is 0 Å². The number of thiophene rings is 1. The third-order valence-corrected chi connectivity index (χ3v) is 4.60. The van der Waals surface area contributed by atoms with Crippen molar-refractivity contribution in [2.24, 2.45) is 0 Å². The topological polar surface area (TPSA) is 28.7 Å². The smallest absolute Gasteiger partial charge is 0.107 e. The highest BCUT2D eigenvalue weighted by molar-refractivity contribution is 9.10. The molecular weight excluding hydrogens is 320 g/mol. The molecule has 0 saturated heterocycles. The molecule has 2 aromatic heterocycles. The van der Waals surface area contributed by atoms with Gasteiger partial charge in [0.1, 0.15) is 5.82 Å². The number of nitrogens with zero attached hydrogens (tertiary/aromatic N) is 1. The van der Waals surface area contributed by atoms with E-state index in [-0.39, 0.29) is 0 Å². The van der Waals surface area contributed by atoms with E-state index in [2.05, 4.69) is 57.5 Å². The Hall–Kier alpha value is -1.13. The molecule has 1 aromatic carbocycles. The Balaban J connectivity index is 1.73. The van der Waals surface area contributed by atoms with E-state index < -0.39 is 0 Å². The molecule has 0 spiro atoms. The van der Waals surface area contributed by atoms with E-state index in [1.807, 2.05) is 11.3 Å². The van der Waals surface area contributed by atoms with Crippen molar-refractivity contribution in [2.75, 3.05) is 0 Å². The van der Waals surface area contributed by atoms with Gasteiger partial charge in [0.25, 0.3) is 0 Å². The molecule has 4 heteroatoms. The summed E-state index contributed by atoms with van der Waals surface area (Å²) in [7, 11) is 0. The molecule has 0 bridgehead atoms. The average molecular weight is 335 g/mol. The second kappa shape index (κ2) is 5.47. The number of H-pyrrole nitrogens is 1. The lowest BCUT2D eigenvalue weighted by Crippen LogP contribution is -1.90. The molecule has 0 atom stereocenters. The Morgan fingerprint density at radius 1 is 1.32 bits per heavy atom. The summed E-state index contributed by atoms with van der Waals surface area (Å²) in [5, 5.41) is 2.14. The number of benzene rings is 1. The van der Waals surface area contributed by atoms with Crippen LogP contribution in [0.1, 0.15) is 22.7 Å². The van der Waals surface area contributed by atoms with Crippen LogP contribution in [-0.2, 0) is 12.8 Å². The SMILES string of the molecule is Cc1cc(Br)cc2[nH]c(CCCc3cccs3)nc12. The highest BCUT2D eigenvalue weighted by atomic mass is 79.9. The fourth-order valence-electron chi connectivity index (χ4n) is 2.30. The zero-order valence-corrected chi connectivity index (χ0v) is 13.1. The number of rotatable bonds is 4. The fourth-order valence-corrected chi connectivity index (χ4v) is 3.62. The Morgan fingerprint density at radius 2 is 2.21 bits per heavy atom. The molecule has 98 valence electrons. The number of imidazole rings is 1. The molecule has 2 heterocycles. The van der Waals surface area contributed by atoms with Crippen molar-refractivity contribution >= 4 is 38.3 Å². The Labute approximate surface area is 125 Å². The summed E-state index contributed by atoms with van der Waals surface area (Å²) in [5.74, 6) is 1.09. The first-order chi connectivity index (χ1) is 9.22. The minimum absolute atomic E-state index is 1.00. The van der Waals surface area contributed by atoms with Gasteiger partial charge < -0.3 is 4.98 Å². The van der Waals surface area contributed by atoms with Crippen LogP contribution in [0.3, 0.4) is 0 Å². The minimum Gasteiger partial charge on any atom is -0.342 e. The van der Waals surface area contributed by atoms with Crippen molar-refractivity contribution in [3.8, 4) is 0 Å². The van der Waals surface area contributed by atoms with E-state index in [0.29, 0.717) is 0 Å². The Bertz CT molecular complexity index is 686. The van der Waals surface area contributed by atoms with Gasteiger partial charge in [-0.1, -0.05) is 22.0 Å². The summed E-state index contributed by atoms with van der Waals surface area (Å²) in [4.78, 5) is 9.57. The van der Waals surface area contributed by atoms with Crippen LogP contribution < -0.4 is 0 Å². The average Bonchev–Trinajstić information content (AvgIpc) is 2.98. The highest BCUT2D eigenvalue weighted by Gasteiger charge is 2.06. The molecule has 0 fully saturated rings. The van der Waals surface area contributed by atoms with Crippen LogP contribution in [0.15, 0.2) is 34.1 Å². The number of aromatic amines is 1. The maximum Gasteiger partial charge on any atom is 0.107 e. The third kappa shape index (κ3) is 2.90. The van der Waals surface area contributed by atoms with Crippen LogP contribution >= 0.6 is 27.3 Å². The second-order valence-corrected chi connectivity index (χ2v) is 6.68. The number of hydrogen-bond acceptors (Lipinski definition) is 2. The summed E-state index contributed by atoms with van der Waals surface area (Å²) in [6.07, 6.45) is 3.28. The van der Waals surface area contributed by atoms with Gasteiger partial charge in [-0.2, -0.15) is 0 Å². The van der Waals surface area contributed by atoms with Crippen molar-refractivity contribution in [1.82, 2.24) is 9.97 Å². The molecule has 1 N–H and O–H groups in total. The van der Waals surface area contributed by atoms with Crippen LogP contribution in [-0.4, -0.2) is 9.97 Å². The van der Waals surface area contributed by atoms with Gasteiger partial charge in [0.15, 0.2) is 0 Å². The summed E-state index contributed by atoms with van der Waals surface area (Å²) in [5.41, 5.74) is 3.43. The Morgan fingerprint density at radius 3 is 3.00 bits per heavy atom. The molecule has 0 radical (unpaired) electrons. The normalized spacial score (nSPS) is 11.3. The van der Waals surface area contributed by atoms with E-state index in [0.717, 1.165) is 40.6 Å². The molecular formula is C15H15BrN2S. The number of halogens is 1. The number of aromatic nitrogens is 2. The molecule has 3 aromatic rings. The van der Waals surface area contributed by atoms with Crippen LogP contribution in [0, 0.1) is 6.92 Å². The predicted octanol–water partition coefficient (Wildman–Crippen LogP) is 4.87. The second-order valence-electron chi connectivity index (χ2n) is 4.74. The zero-order valence-electron chi connectivity index (χ0n) is 10.7. The van der Waals surface area contributed by atoms with Gasteiger partial charge in [-0.3, -0.25) is 0 Å². The quantitative estimate of drug-likeness (QED) is 0.724. The lowest BCUT2D eigenvalue weighted by atomic mass is 10.2. The maximum absolute atomic E-state index is 4.70. The van der Waals surface area contributed by atoms with Crippen molar-refractivity contribution in [1.29, 1.82) is 0 Å². The summed E-state index contributed by atoms with van der Waals surface area (Å²) >= 11 is 5.36. The van der Waals surface area contributed by atoms with E-state index in [1.54, 1.807) is 0 Å². The first-order valence-corrected chi connectivity index (χ1v) is 8.07. The van der Waals surface area contributed by atoms with Gasteiger partial charge in [0.05, 0.1) is 11.0 Å². The minimum atomic E-state index is 1.00. The van der Waals surface area contributed by atoms with Crippen molar-refractivity contribution in [2.45, 2.75) is 26.2 Å². The number of aryl methyl sites for hydroxylation is 3. The van der Waals surface area contributed by atoms with Gasteiger partial charge in [0.2, 0.25) is 0 Å². The van der Waals surface area contributed by atoms with Crippen LogP contribution in [0.5, 0.6) is 0 Å². The Kier molecular flexibility index (Phi) is 3.71. The van der Waals surface area contributed by atoms with Gasteiger partial charge in [-0.05, 0) is 48.9 Å². The molecule has 0 aliphatic carbocycles. The van der Waals surface area contributed by atoms with Crippen molar-refractivity contribution < 1.29 is 0 Å². The molecule has 0 aliphatic heterocycles. The van der Waals surface area contributed by atoms with Gasteiger partial charge in [-0.25, -0.2) is 4.98 Å². The molecule has 19 heavy (non-hydrogen) atoms. The molecule has 0 amide bonds. The molecule has 2 nitrogen and oxygen atoms in total. The van der Waals surface area contributed by atoms with Crippen LogP contribution in [0.2, 0.25) is 0 Å². The van der Waals surface area contributed by atoms with Crippen molar-refractivity contribution in [3.05, 3.63) is 50.4 Å². The number of hydrogen-bond donors (Lipinski definition) is 1. The highest BCUT2D eigenvalue weighted by Crippen LogP contribution is 2.22. The van der Waals surface area contributed by atoms with Gasteiger partial charge in [0, 0.05) is 15.8 Å². The van der Waals surface area contributed by atoms with E-state index >= 15 is 0 Å². The monoisotopic (exact) mass is 334 g/mol. The molecule has 0 saturated carbocycles. The zero-order chi connectivity index (χ0) is 13.2. The lowest BCUT2D eigenvalue weighted by Gasteiger charge is -1.95. The molecule has 0 unspecified atom stereocenters. The van der Waals surface area contributed by atoms with E-state index in [4.69, 9.17) is 4.98 Å². The van der Waals surface area contributed by atoms with Crippen LogP contribution in [0.4, 0.5) is 0 Å². The number of nitrogens with one attached hydrogen (secondary N) is 1.